The summed E-state index contributed by atoms with van der Waals surface area (Å²) in [5.41, 5.74) is 4.81. The highest BCUT2D eigenvalue weighted by atomic mass is 35.5. The Hall–Kier alpha value is -2.92. The van der Waals surface area contributed by atoms with E-state index in [4.69, 9.17) is 28.0 Å². The molecule has 9 nitrogen and oxygen atoms in total. The maximum Gasteiger partial charge on any atom is 0.254 e. The number of nitrogens with one attached hydrogen (secondary N) is 2. The Kier molecular flexibility index (Phi) is 14.1. The Morgan fingerprint density at radius 3 is 2.43 bits per heavy atom. The molecule has 0 bridgehead atoms. The molecule has 4 unspecified atom stereocenters. The Morgan fingerprint density at radius 2 is 1.72 bits per heavy atom. The second kappa shape index (κ2) is 17.3. The number of halogens is 4. The number of fused-ring (bicyclic) bond motifs is 1. The van der Waals surface area contributed by atoms with Crippen molar-refractivity contribution >= 4 is 65.7 Å². The first-order valence-electron chi connectivity index (χ1n) is 14.9. The minimum atomic E-state index is -0.884. The third-order valence-electron chi connectivity index (χ3n) is 8.34. The molecule has 0 radical (unpaired) electrons. The van der Waals surface area contributed by atoms with Gasteiger partial charge in [-0.1, -0.05) is 66.4 Å². The fourth-order valence-electron chi connectivity index (χ4n) is 6.28. The predicted molar refractivity (Wildman–Crippen MR) is 184 cm³/mol. The van der Waals surface area contributed by atoms with Crippen LogP contribution in [0.4, 0.5) is 0 Å². The molecule has 2 heterocycles. The van der Waals surface area contributed by atoms with Crippen LogP contribution in [0, 0.1) is 5.92 Å². The first kappa shape index (κ1) is 37.5. The number of benzene rings is 2. The zero-order chi connectivity index (χ0) is 31.2. The summed E-state index contributed by atoms with van der Waals surface area (Å²) in [5.74, 6) is -2.11. The van der Waals surface area contributed by atoms with Gasteiger partial charge in [0.25, 0.3) is 11.8 Å². The third-order valence-corrected chi connectivity index (χ3v) is 8.90. The average Bonchev–Trinajstić information content (AvgIpc) is 3.01. The molecule has 248 valence electrons. The molecule has 2 aromatic carbocycles. The number of hydroxylamine groups is 1. The van der Waals surface area contributed by atoms with E-state index in [1.807, 2.05) is 25.1 Å². The molecule has 0 spiro atoms. The molecule has 4 atom stereocenters. The summed E-state index contributed by atoms with van der Waals surface area (Å²) < 4.78 is 0. The molecule has 1 fully saturated rings. The van der Waals surface area contributed by atoms with Crippen LogP contribution < -0.4 is 10.8 Å². The molecular weight excluding hydrogens is 672 g/mol. The average molecular weight is 712 g/mol. The molecule has 3 amide bonds. The van der Waals surface area contributed by atoms with Gasteiger partial charge in [0, 0.05) is 40.9 Å². The molecule has 3 aromatic rings. The van der Waals surface area contributed by atoms with Gasteiger partial charge in [-0.25, -0.2) is 5.48 Å². The number of hydrogen-bond donors (Lipinski definition) is 2. The van der Waals surface area contributed by atoms with Gasteiger partial charge in [-0.2, -0.15) is 0 Å². The Labute approximate surface area is 292 Å². The molecule has 46 heavy (non-hydrogen) atoms. The van der Waals surface area contributed by atoms with Gasteiger partial charge in [0.2, 0.25) is 5.91 Å². The van der Waals surface area contributed by atoms with Crippen molar-refractivity contribution < 1.29 is 19.2 Å². The van der Waals surface area contributed by atoms with Gasteiger partial charge in [-0.15, -0.1) is 24.8 Å². The van der Waals surface area contributed by atoms with Crippen LogP contribution in [0.2, 0.25) is 10.0 Å². The maximum atomic E-state index is 14.5. The standard InChI is InChI=1S/C33H37Cl2N5O4.2ClH/c1-39(2)18-17-37-31(41)26-12-5-6-13-28(26)40-30(25-15-14-21(34)19-27(25)35)29(23-10-3-4-11-24(23)33(40)43)32(42)38-44-20-22-9-7-8-16-36-22;;/h3-4,7-11,14-16,19,26,28-30H,5-6,12-13,17-18,20H2,1-2H3,(H,37,41)(H,38,42);2*1H. The van der Waals surface area contributed by atoms with E-state index in [0.29, 0.717) is 58.4 Å². The zero-order valence-corrected chi connectivity index (χ0v) is 28.8. The van der Waals surface area contributed by atoms with Crippen LogP contribution in [-0.4, -0.2) is 65.7 Å². The lowest BCUT2D eigenvalue weighted by Crippen LogP contribution is -2.56. The van der Waals surface area contributed by atoms with Crippen molar-refractivity contribution in [2.75, 3.05) is 27.2 Å². The van der Waals surface area contributed by atoms with Gasteiger partial charge in [-0.3, -0.25) is 24.2 Å². The highest BCUT2D eigenvalue weighted by Crippen LogP contribution is 2.48. The van der Waals surface area contributed by atoms with Gasteiger partial charge >= 0.3 is 0 Å². The minimum Gasteiger partial charge on any atom is -0.355 e. The minimum absolute atomic E-state index is 0. The summed E-state index contributed by atoms with van der Waals surface area (Å²) in [6.45, 7) is 1.26. The second-order valence-electron chi connectivity index (χ2n) is 11.5. The lowest BCUT2D eigenvalue weighted by atomic mass is 9.75. The van der Waals surface area contributed by atoms with Crippen LogP contribution in [-0.2, 0) is 21.0 Å². The number of rotatable bonds is 10. The van der Waals surface area contributed by atoms with Crippen LogP contribution >= 0.6 is 48.0 Å². The van der Waals surface area contributed by atoms with Crippen LogP contribution in [0.15, 0.2) is 66.9 Å². The summed E-state index contributed by atoms with van der Waals surface area (Å²) in [5, 5.41) is 3.83. The quantitative estimate of drug-likeness (QED) is 0.251. The number of pyridine rings is 1. The van der Waals surface area contributed by atoms with Crippen molar-refractivity contribution in [2.24, 2.45) is 5.92 Å². The molecule has 1 aromatic heterocycles. The second-order valence-corrected chi connectivity index (χ2v) is 12.4. The van der Waals surface area contributed by atoms with Gasteiger partial charge in [0.15, 0.2) is 0 Å². The molecule has 1 saturated carbocycles. The fraction of sp³-hybridized carbons (Fsp3) is 0.394. The van der Waals surface area contributed by atoms with Crippen molar-refractivity contribution in [1.82, 2.24) is 25.6 Å². The third kappa shape index (κ3) is 8.51. The highest BCUT2D eigenvalue weighted by Gasteiger charge is 2.50. The Morgan fingerprint density at radius 1 is 0.978 bits per heavy atom. The van der Waals surface area contributed by atoms with Gasteiger partial charge in [-0.05, 0) is 68.4 Å². The van der Waals surface area contributed by atoms with Crippen molar-refractivity contribution in [3.8, 4) is 0 Å². The predicted octanol–water partition coefficient (Wildman–Crippen LogP) is 6.00. The molecule has 5 rings (SSSR count). The van der Waals surface area contributed by atoms with Crippen molar-refractivity contribution in [3.05, 3.63) is 99.3 Å². The van der Waals surface area contributed by atoms with E-state index in [1.54, 1.807) is 65.7 Å². The van der Waals surface area contributed by atoms with E-state index in [9.17, 15) is 14.4 Å². The largest absolute Gasteiger partial charge is 0.355 e. The number of nitrogens with zero attached hydrogens (tertiary/aromatic N) is 3. The smallest absolute Gasteiger partial charge is 0.254 e. The summed E-state index contributed by atoms with van der Waals surface area (Å²) in [7, 11) is 3.90. The molecule has 1 aliphatic heterocycles. The summed E-state index contributed by atoms with van der Waals surface area (Å²) in [6, 6.07) is 16.3. The normalized spacial score (nSPS) is 20.6. The summed E-state index contributed by atoms with van der Waals surface area (Å²) in [6.07, 6.45) is 4.62. The van der Waals surface area contributed by atoms with Crippen LogP contribution in [0.25, 0.3) is 0 Å². The molecule has 2 N–H and O–H groups in total. The van der Waals surface area contributed by atoms with Gasteiger partial charge in [0.1, 0.15) is 6.61 Å². The van der Waals surface area contributed by atoms with E-state index in [-0.39, 0.29) is 43.2 Å². The topological polar surface area (TPSA) is 104 Å². The highest BCUT2D eigenvalue weighted by molar-refractivity contribution is 6.35. The van der Waals surface area contributed by atoms with Gasteiger partial charge in [0.05, 0.1) is 23.6 Å². The van der Waals surface area contributed by atoms with Crippen molar-refractivity contribution in [1.29, 1.82) is 0 Å². The van der Waals surface area contributed by atoms with Crippen molar-refractivity contribution in [2.45, 2.75) is 50.3 Å². The van der Waals surface area contributed by atoms with E-state index in [0.717, 1.165) is 12.8 Å². The van der Waals surface area contributed by atoms with Crippen LogP contribution in [0.5, 0.6) is 0 Å². The molecule has 2 aliphatic rings. The van der Waals surface area contributed by atoms with E-state index in [1.165, 1.54) is 0 Å². The molecule has 0 saturated heterocycles. The van der Waals surface area contributed by atoms with Crippen LogP contribution in [0.3, 0.4) is 0 Å². The monoisotopic (exact) mass is 709 g/mol. The summed E-state index contributed by atoms with van der Waals surface area (Å²) >= 11 is 13.1. The Balaban J connectivity index is 0.00000288. The molecular formula is C33H39Cl4N5O4. The number of aromatic nitrogens is 1. The van der Waals surface area contributed by atoms with Crippen LogP contribution in [0.1, 0.15) is 64.8 Å². The first-order chi connectivity index (χ1) is 21.3. The molecule has 13 heteroatoms. The first-order valence-corrected chi connectivity index (χ1v) is 15.6. The summed E-state index contributed by atoms with van der Waals surface area (Å²) in [4.78, 5) is 55.8. The van der Waals surface area contributed by atoms with E-state index in [2.05, 4.69) is 15.8 Å². The Bertz CT molecular complexity index is 1500. The lowest BCUT2D eigenvalue weighted by Gasteiger charge is -2.48. The maximum absolute atomic E-state index is 14.5. The number of amides is 3. The number of carbonyl (C=O) groups is 3. The SMILES string of the molecule is CN(C)CCNC(=O)C1CCCCC1N1C(=O)c2ccccc2C(C(=O)NOCc2ccccn2)C1c1ccc(Cl)cc1Cl.Cl.Cl. The fourth-order valence-corrected chi connectivity index (χ4v) is 6.80. The molecule has 1 aliphatic carbocycles. The zero-order valence-electron chi connectivity index (χ0n) is 25.7. The van der Waals surface area contributed by atoms with E-state index < -0.39 is 29.8 Å². The lowest BCUT2D eigenvalue weighted by molar-refractivity contribution is -0.138. The van der Waals surface area contributed by atoms with Crippen molar-refractivity contribution in [3.63, 3.8) is 0 Å². The number of hydrogen-bond acceptors (Lipinski definition) is 6. The number of carbonyl (C=O) groups excluding carboxylic acids is 3. The van der Waals surface area contributed by atoms with E-state index >= 15 is 0 Å². The number of likely N-dealkylation sites (N-methyl/N-ethyl adjacent to an activating group) is 1. The van der Waals surface area contributed by atoms with Gasteiger partial charge < -0.3 is 15.1 Å².